The van der Waals surface area contributed by atoms with Gasteiger partial charge < -0.3 is 9.59 Å². The Kier molecular flexibility index (Phi) is 7.10. The van der Waals surface area contributed by atoms with E-state index in [9.17, 15) is 9.59 Å². The zero-order valence-electron chi connectivity index (χ0n) is 9.77. The van der Waals surface area contributed by atoms with Crippen molar-refractivity contribution in [3.63, 3.8) is 0 Å². The van der Waals surface area contributed by atoms with E-state index >= 15 is 0 Å². The molecule has 0 saturated carbocycles. The van der Waals surface area contributed by atoms with E-state index in [-0.39, 0.29) is 28.3 Å². The van der Waals surface area contributed by atoms with Gasteiger partial charge in [0, 0.05) is 16.8 Å². The summed E-state index contributed by atoms with van der Waals surface area (Å²) in [6.07, 6.45) is 0. The molecular weight excluding hydrogens is 259 g/mol. The van der Waals surface area contributed by atoms with Gasteiger partial charge in [0.05, 0.1) is 0 Å². The second-order valence-corrected chi connectivity index (χ2v) is 3.46. The van der Waals surface area contributed by atoms with Gasteiger partial charge >= 0.3 is 0 Å². The number of hydrogen-bond acceptors (Lipinski definition) is 2. The first kappa shape index (κ1) is 15.5. The normalized spacial score (nSPS) is 8.59. The third-order valence-corrected chi connectivity index (χ3v) is 2.14. The number of hydrogen-bond donors (Lipinski definition) is 0. The summed E-state index contributed by atoms with van der Waals surface area (Å²) in [5.41, 5.74) is 1.59. The minimum atomic E-state index is 0. The molecule has 2 aromatic carbocycles. The maximum atomic E-state index is 10.5. The van der Waals surface area contributed by atoms with E-state index in [2.05, 4.69) is 0 Å². The van der Waals surface area contributed by atoms with Gasteiger partial charge in [-0.15, -0.1) is 0 Å². The van der Waals surface area contributed by atoms with Crippen LogP contribution in [-0.2, 0) is 16.8 Å². The summed E-state index contributed by atoms with van der Waals surface area (Å²) in [6.45, 7) is 3.13. The van der Waals surface area contributed by atoms with Crippen LogP contribution in [0.2, 0.25) is 0 Å². The zero-order chi connectivity index (χ0) is 12.0. The largest absolute Gasteiger partial charge is 0.309 e. The summed E-state index contributed by atoms with van der Waals surface area (Å²) in [4.78, 5) is 21.0. The molecule has 0 aliphatic rings. The summed E-state index contributed by atoms with van der Waals surface area (Å²) in [7, 11) is 0. The monoisotopic (exact) mass is 273 g/mol. The molecule has 0 bridgehead atoms. The Morgan fingerprint density at radius 3 is 1.06 bits per heavy atom. The number of Topliss-reactive ketones (excluding diaryl/α,β-unsaturated/α-hetero) is 2. The van der Waals surface area contributed by atoms with Crippen molar-refractivity contribution >= 4 is 11.6 Å². The number of rotatable bonds is 2. The van der Waals surface area contributed by atoms with Gasteiger partial charge in [-0.3, -0.25) is 0 Å². The fourth-order valence-electron chi connectivity index (χ4n) is 1.22. The number of carbonyl (C=O) groups excluding carboxylic acids is 2. The van der Waals surface area contributed by atoms with Crippen LogP contribution in [0.25, 0.3) is 0 Å². The van der Waals surface area contributed by atoms with Gasteiger partial charge in [0.2, 0.25) is 0 Å². The minimum absolute atomic E-state index is 0. The van der Waals surface area contributed by atoms with Crippen molar-refractivity contribution in [2.75, 3.05) is 0 Å². The van der Waals surface area contributed by atoms with Gasteiger partial charge in [-0.05, 0) is 13.8 Å². The first-order chi connectivity index (χ1) is 7.61. The van der Waals surface area contributed by atoms with Crippen LogP contribution >= 0.6 is 0 Å². The van der Waals surface area contributed by atoms with Crippen LogP contribution in [0.4, 0.5) is 0 Å². The van der Waals surface area contributed by atoms with Gasteiger partial charge in [0.25, 0.3) is 0 Å². The number of ketones is 2. The van der Waals surface area contributed by atoms with E-state index in [1.807, 2.05) is 48.5 Å². The third-order valence-electron chi connectivity index (χ3n) is 2.14. The predicted molar refractivity (Wildman–Crippen MR) is 64.1 cm³/mol. The maximum absolute atomic E-state index is 10.5. The van der Waals surface area contributed by atoms with Crippen molar-refractivity contribution in [1.29, 1.82) is 0 Å². The van der Waals surface area contributed by atoms with E-state index in [1.165, 1.54) is 0 Å². The Balaban J connectivity index is 0.000000284. The molecule has 0 spiro atoms. The molecule has 93 valence electrons. The molecule has 0 unspecified atom stereocenters. The Labute approximate surface area is 112 Å². The summed E-state index contributed by atoms with van der Waals surface area (Å²) in [5, 5.41) is 0. The summed E-state index contributed by atoms with van der Waals surface area (Å²) < 4.78 is 0. The van der Waals surface area contributed by atoms with E-state index in [0.29, 0.717) is 0 Å². The quantitative estimate of drug-likeness (QED) is 0.622. The molecule has 0 heterocycles. The van der Waals surface area contributed by atoms with Gasteiger partial charge in [-0.1, -0.05) is 11.1 Å². The first-order valence-corrected chi connectivity index (χ1v) is 5.06. The molecule has 0 fully saturated rings. The average Bonchev–Trinajstić information content (AvgIpc) is 2.93. The molecule has 3 heteroatoms. The van der Waals surface area contributed by atoms with E-state index in [1.54, 1.807) is 13.8 Å². The molecule has 2 rings (SSSR count). The van der Waals surface area contributed by atoms with Crippen molar-refractivity contribution in [2.45, 2.75) is 13.8 Å². The molecule has 0 amide bonds. The molecule has 0 N–H and O–H groups in total. The minimum Gasteiger partial charge on any atom is -0.309 e. The van der Waals surface area contributed by atoms with E-state index in [0.717, 1.165) is 11.1 Å². The smallest absolute Gasteiger partial charge is 0.105 e. The Morgan fingerprint density at radius 2 is 0.941 bits per heavy atom. The maximum Gasteiger partial charge on any atom is 0.105 e. The Morgan fingerprint density at radius 1 is 0.706 bits per heavy atom. The van der Waals surface area contributed by atoms with Crippen LogP contribution < -0.4 is 0 Å². The molecule has 2 aromatic rings. The molecule has 0 atom stereocenters. The first-order valence-electron chi connectivity index (χ1n) is 5.06. The van der Waals surface area contributed by atoms with Crippen LogP contribution in [0.3, 0.4) is 0 Å². The van der Waals surface area contributed by atoms with Crippen molar-refractivity contribution < 1.29 is 26.4 Å². The van der Waals surface area contributed by atoms with Gasteiger partial charge in [-0.25, -0.2) is 24.3 Å². The van der Waals surface area contributed by atoms with Gasteiger partial charge in [0.1, 0.15) is 11.6 Å². The van der Waals surface area contributed by atoms with Crippen LogP contribution in [0, 0.1) is 0 Å². The second kappa shape index (κ2) is 7.76. The van der Waals surface area contributed by atoms with E-state index in [4.69, 9.17) is 0 Å². The molecular formula is C14H14CoO2-2. The van der Waals surface area contributed by atoms with Crippen LogP contribution in [0.15, 0.2) is 48.5 Å². The molecule has 17 heavy (non-hydrogen) atoms. The van der Waals surface area contributed by atoms with Crippen molar-refractivity contribution in [2.24, 2.45) is 0 Å². The average molecular weight is 273 g/mol. The van der Waals surface area contributed by atoms with Crippen molar-refractivity contribution in [1.82, 2.24) is 0 Å². The Hall–Kier alpha value is -1.45. The topological polar surface area (TPSA) is 34.1 Å². The van der Waals surface area contributed by atoms with E-state index < -0.39 is 0 Å². The zero-order valence-corrected chi connectivity index (χ0v) is 10.8. The standard InChI is InChI=1S/2C7H7O.Co/c2*1-6(8)7-4-2-3-5-7;/h2*2-5H,1H3;/q2*-1;. The summed E-state index contributed by atoms with van der Waals surface area (Å²) in [5.74, 6) is 0.269. The van der Waals surface area contributed by atoms with Crippen LogP contribution in [0.5, 0.6) is 0 Å². The van der Waals surface area contributed by atoms with Crippen molar-refractivity contribution in [3.05, 3.63) is 59.7 Å². The molecule has 2 nitrogen and oxygen atoms in total. The molecule has 0 aromatic heterocycles. The molecule has 1 radical (unpaired) electrons. The van der Waals surface area contributed by atoms with Crippen LogP contribution in [0.1, 0.15) is 34.6 Å². The molecule has 0 aliphatic carbocycles. The van der Waals surface area contributed by atoms with Crippen molar-refractivity contribution in [3.8, 4) is 0 Å². The molecule has 0 saturated heterocycles. The summed E-state index contributed by atoms with van der Waals surface area (Å²) >= 11 is 0. The number of carbonyl (C=O) groups is 2. The van der Waals surface area contributed by atoms with Crippen LogP contribution in [-0.4, -0.2) is 11.6 Å². The predicted octanol–water partition coefficient (Wildman–Crippen LogP) is 3.21. The fraction of sp³-hybridized carbons (Fsp3) is 0.143. The SMILES string of the molecule is CC(=O)[c-]1cccc1.CC(=O)[c-]1cccc1.[Co]. The summed E-state index contributed by atoms with van der Waals surface area (Å²) in [6, 6.07) is 14.7. The van der Waals surface area contributed by atoms with Gasteiger partial charge in [-0.2, -0.15) is 24.3 Å². The molecule has 0 aliphatic heterocycles. The Bertz CT molecular complexity index is 394. The fourth-order valence-corrected chi connectivity index (χ4v) is 1.22. The second-order valence-electron chi connectivity index (χ2n) is 3.46. The third kappa shape index (κ3) is 5.42. The van der Waals surface area contributed by atoms with Gasteiger partial charge in [0.15, 0.2) is 0 Å².